The first-order chi connectivity index (χ1) is 14.0. The molecule has 1 N–H and O–H groups in total. The van der Waals surface area contributed by atoms with Crippen LogP contribution in [-0.2, 0) is 20.9 Å². The number of hydrogen-bond donors (Lipinski definition) is 1. The van der Waals surface area contributed by atoms with E-state index in [-0.39, 0.29) is 18.4 Å². The quantitative estimate of drug-likeness (QED) is 0.508. The van der Waals surface area contributed by atoms with E-state index in [0.29, 0.717) is 18.7 Å². The van der Waals surface area contributed by atoms with Gasteiger partial charge in [0.15, 0.2) is 6.61 Å². The second-order valence-electron chi connectivity index (χ2n) is 6.93. The number of urea groups is 1. The standard InChI is InChI=1S/C20H24N4O5/c1-3-10-20(11-4-2)18(26)24(19(27)21-20)12-16(25)28-13-15-22-23-17(29-15)14-8-6-5-7-9-14/h5-9H,3-4,10-13H2,1-2H3,(H,21,27). The fourth-order valence-electron chi connectivity index (χ4n) is 3.46. The van der Waals surface area contributed by atoms with Crippen molar-refractivity contribution in [3.63, 3.8) is 0 Å². The van der Waals surface area contributed by atoms with Gasteiger partial charge in [0, 0.05) is 5.56 Å². The SMILES string of the molecule is CCCC1(CCC)NC(=O)N(CC(=O)OCc2nnc(-c3ccccc3)o2)C1=O. The highest BCUT2D eigenvalue weighted by molar-refractivity contribution is 6.08. The number of amides is 3. The molecule has 0 spiro atoms. The van der Waals surface area contributed by atoms with Crippen LogP contribution in [0.15, 0.2) is 34.7 Å². The van der Waals surface area contributed by atoms with Crippen LogP contribution in [0.25, 0.3) is 11.5 Å². The summed E-state index contributed by atoms with van der Waals surface area (Å²) in [4.78, 5) is 38.1. The molecule has 9 nitrogen and oxygen atoms in total. The second kappa shape index (κ2) is 8.85. The van der Waals surface area contributed by atoms with Gasteiger partial charge in [-0.05, 0) is 25.0 Å². The average Bonchev–Trinajstić information content (AvgIpc) is 3.27. The minimum Gasteiger partial charge on any atom is -0.454 e. The molecule has 0 atom stereocenters. The van der Waals surface area contributed by atoms with E-state index in [2.05, 4.69) is 15.5 Å². The number of imide groups is 1. The first kappa shape index (κ1) is 20.5. The Labute approximate surface area is 168 Å². The van der Waals surface area contributed by atoms with E-state index < -0.39 is 24.1 Å². The molecule has 1 aliphatic heterocycles. The Balaban J connectivity index is 1.58. The summed E-state index contributed by atoms with van der Waals surface area (Å²) in [6, 6.07) is 8.62. The third-order valence-electron chi connectivity index (χ3n) is 4.73. The number of esters is 1. The van der Waals surface area contributed by atoms with E-state index >= 15 is 0 Å². The van der Waals surface area contributed by atoms with Gasteiger partial charge in [0.05, 0.1) is 0 Å². The highest BCUT2D eigenvalue weighted by Crippen LogP contribution is 2.28. The molecule has 29 heavy (non-hydrogen) atoms. The second-order valence-corrected chi connectivity index (χ2v) is 6.93. The maximum Gasteiger partial charge on any atom is 0.326 e. The van der Waals surface area contributed by atoms with Crippen LogP contribution in [-0.4, -0.2) is 45.1 Å². The highest BCUT2D eigenvalue weighted by atomic mass is 16.5. The lowest BCUT2D eigenvalue weighted by Gasteiger charge is -2.25. The van der Waals surface area contributed by atoms with Crippen molar-refractivity contribution in [2.75, 3.05) is 6.54 Å². The number of benzene rings is 1. The van der Waals surface area contributed by atoms with Crippen molar-refractivity contribution in [3.05, 3.63) is 36.2 Å². The van der Waals surface area contributed by atoms with Crippen LogP contribution < -0.4 is 5.32 Å². The van der Waals surface area contributed by atoms with Crippen molar-refractivity contribution in [2.24, 2.45) is 0 Å². The number of nitrogens with zero attached hydrogens (tertiary/aromatic N) is 3. The van der Waals surface area contributed by atoms with E-state index in [9.17, 15) is 14.4 Å². The van der Waals surface area contributed by atoms with Gasteiger partial charge >= 0.3 is 12.0 Å². The molecule has 2 aromatic rings. The number of nitrogens with one attached hydrogen (secondary N) is 1. The predicted octanol–water partition coefficient (Wildman–Crippen LogP) is 2.67. The van der Waals surface area contributed by atoms with Gasteiger partial charge in [-0.25, -0.2) is 4.79 Å². The van der Waals surface area contributed by atoms with Crippen molar-refractivity contribution in [3.8, 4) is 11.5 Å². The van der Waals surface area contributed by atoms with Gasteiger partial charge in [0.2, 0.25) is 5.89 Å². The monoisotopic (exact) mass is 400 g/mol. The molecule has 0 radical (unpaired) electrons. The summed E-state index contributed by atoms with van der Waals surface area (Å²) in [5.41, 5.74) is -0.183. The fourth-order valence-corrected chi connectivity index (χ4v) is 3.46. The van der Waals surface area contributed by atoms with E-state index in [1.165, 1.54) is 0 Å². The Morgan fingerprint density at radius 1 is 1.14 bits per heavy atom. The number of carbonyl (C=O) groups is 3. The summed E-state index contributed by atoms with van der Waals surface area (Å²) < 4.78 is 10.6. The minimum absolute atomic E-state index is 0.126. The first-order valence-corrected chi connectivity index (χ1v) is 9.66. The number of ether oxygens (including phenoxy) is 1. The molecular formula is C20H24N4O5. The largest absolute Gasteiger partial charge is 0.454 e. The fraction of sp³-hybridized carbons (Fsp3) is 0.450. The average molecular weight is 400 g/mol. The molecule has 1 aromatic heterocycles. The lowest BCUT2D eigenvalue weighted by Crippen LogP contribution is -2.47. The third-order valence-corrected chi connectivity index (χ3v) is 4.73. The molecule has 0 bridgehead atoms. The van der Waals surface area contributed by atoms with E-state index in [4.69, 9.17) is 9.15 Å². The highest BCUT2D eigenvalue weighted by Gasteiger charge is 2.50. The van der Waals surface area contributed by atoms with Crippen molar-refractivity contribution < 1.29 is 23.5 Å². The van der Waals surface area contributed by atoms with Crippen molar-refractivity contribution >= 4 is 17.9 Å². The molecule has 1 saturated heterocycles. The topological polar surface area (TPSA) is 115 Å². The molecule has 0 aliphatic carbocycles. The van der Waals surface area contributed by atoms with Crippen molar-refractivity contribution in [1.29, 1.82) is 0 Å². The Kier molecular flexibility index (Phi) is 6.26. The molecule has 3 rings (SSSR count). The first-order valence-electron chi connectivity index (χ1n) is 9.66. The maximum atomic E-state index is 12.8. The Bertz CT molecular complexity index is 874. The van der Waals surface area contributed by atoms with Crippen LogP contribution >= 0.6 is 0 Å². The molecule has 154 valence electrons. The third kappa shape index (κ3) is 4.44. The number of carbonyl (C=O) groups excluding carboxylic acids is 3. The summed E-state index contributed by atoms with van der Waals surface area (Å²) in [5, 5.41) is 10.5. The van der Waals surface area contributed by atoms with Gasteiger partial charge in [0.1, 0.15) is 12.1 Å². The van der Waals surface area contributed by atoms with Gasteiger partial charge in [-0.15, -0.1) is 10.2 Å². The van der Waals surface area contributed by atoms with Crippen LogP contribution in [0.3, 0.4) is 0 Å². The molecule has 1 fully saturated rings. The van der Waals surface area contributed by atoms with Crippen LogP contribution in [0, 0.1) is 0 Å². The van der Waals surface area contributed by atoms with Crippen LogP contribution in [0.2, 0.25) is 0 Å². The summed E-state index contributed by atoms with van der Waals surface area (Å²) in [6.07, 6.45) is 2.54. The summed E-state index contributed by atoms with van der Waals surface area (Å²) >= 11 is 0. The zero-order chi connectivity index (χ0) is 20.9. The van der Waals surface area contributed by atoms with E-state index in [1.807, 2.05) is 44.2 Å². The molecule has 0 saturated carbocycles. The number of hydrogen-bond acceptors (Lipinski definition) is 7. The summed E-state index contributed by atoms with van der Waals surface area (Å²) in [7, 11) is 0. The smallest absolute Gasteiger partial charge is 0.326 e. The zero-order valence-corrected chi connectivity index (χ0v) is 16.5. The molecule has 0 unspecified atom stereocenters. The number of aromatic nitrogens is 2. The molecule has 9 heteroatoms. The number of rotatable bonds is 9. The molecule has 1 aliphatic rings. The van der Waals surface area contributed by atoms with Gasteiger partial charge in [-0.3, -0.25) is 14.5 Å². The Hall–Kier alpha value is -3.23. The molecular weight excluding hydrogens is 376 g/mol. The van der Waals surface area contributed by atoms with Gasteiger partial charge in [0.25, 0.3) is 11.8 Å². The van der Waals surface area contributed by atoms with Gasteiger partial charge < -0.3 is 14.5 Å². The molecule has 1 aromatic carbocycles. The summed E-state index contributed by atoms with van der Waals surface area (Å²) in [5.74, 6) is -0.667. The molecule has 3 amide bonds. The predicted molar refractivity (Wildman–Crippen MR) is 102 cm³/mol. The zero-order valence-electron chi connectivity index (χ0n) is 16.5. The Morgan fingerprint density at radius 3 is 2.48 bits per heavy atom. The maximum absolute atomic E-state index is 12.8. The van der Waals surface area contributed by atoms with Gasteiger partial charge in [-0.1, -0.05) is 44.9 Å². The van der Waals surface area contributed by atoms with E-state index in [1.54, 1.807) is 0 Å². The minimum atomic E-state index is -0.933. The lowest BCUT2D eigenvalue weighted by molar-refractivity contribution is -0.149. The van der Waals surface area contributed by atoms with Crippen LogP contribution in [0.5, 0.6) is 0 Å². The van der Waals surface area contributed by atoms with Gasteiger partial charge in [-0.2, -0.15) is 0 Å². The van der Waals surface area contributed by atoms with E-state index in [0.717, 1.165) is 23.3 Å². The van der Waals surface area contributed by atoms with Crippen LogP contribution in [0.4, 0.5) is 4.79 Å². The lowest BCUT2D eigenvalue weighted by atomic mass is 9.88. The summed E-state index contributed by atoms with van der Waals surface area (Å²) in [6.45, 7) is 3.20. The molecule has 2 heterocycles. The van der Waals surface area contributed by atoms with Crippen molar-refractivity contribution in [2.45, 2.75) is 51.7 Å². The van der Waals surface area contributed by atoms with Crippen LogP contribution in [0.1, 0.15) is 45.4 Å². The van der Waals surface area contributed by atoms with Crippen molar-refractivity contribution in [1.82, 2.24) is 20.4 Å². The normalized spacial score (nSPS) is 15.4. The Morgan fingerprint density at radius 2 is 1.83 bits per heavy atom.